The fourth-order valence-corrected chi connectivity index (χ4v) is 6.36. The van der Waals surface area contributed by atoms with E-state index < -0.39 is 44.0 Å². The second-order valence-corrected chi connectivity index (χ2v) is 16.9. The van der Waals surface area contributed by atoms with Gasteiger partial charge in [-0.15, -0.1) is 0 Å². The molecule has 0 spiro atoms. The van der Waals surface area contributed by atoms with Crippen LogP contribution in [0.25, 0.3) is 0 Å². The van der Waals surface area contributed by atoms with Crippen molar-refractivity contribution in [2.24, 2.45) is 0 Å². The fraction of sp³-hybridized carbons (Fsp3) is 0.355. The van der Waals surface area contributed by atoms with Crippen molar-refractivity contribution in [2.45, 2.75) is 67.5 Å². The Bertz CT molecular complexity index is 1230. The highest BCUT2D eigenvalue weighted by molar-refractivity contribution is 7.99. The van der Waals surface area contributed by atoms with Crippen LogP contribution in [0.5, 0.6) is 0 Å². The Balaban J connectivity index is 1.64. The molecule has 1 aliphatic rings. The van der Waals surface area contributed by atoms with Crippen molar-refractivity contribution >= 4 is 32.0 Å². The van der Waals surface area contributed by atoms with Crippen LogP contribution in [0, 0.1) is 0 Å². The molecule has 0 radical (unpaired) electrons. The molecular weight excluding hydrogens is 528 g/mol. The number of benzene rings is 3. The van der Waals surface area contributed by atoms with E-state index in [1.165, 1.54) is 11.8 Å². The van der Waals surface area contributed by atoms with Crippen molar-refractivity contribution in [1.82, 2.24) is 0 Å². The molecule has 4 atom stereocenters. The average molecular weight is 565 g/mol. The summed E-state index contributed by atoms with van der Waals surface area (Å²) in [4.78, 5) is 27.0. The molecule has 4 rings (SSSR count). The van der Waals surface area contributed by atoms with Gasteiger partial charge in [0.2, 0.25) is 0 Å². The lowest BCUT2D eigenvalue weighted by atomic mass is 10.1. The highest BCUT2D eigenvalue weighted by Gasteiger charge is 2.52. The molecule has 3 aromatic rings. The normalized spacial score (nSPS) is 21.4. The zero-order valence-electron chi connectivity index (χ0n) is 23.0. The molecule has 1 heterocycles. The van der Waals surface area contributed by atoms with Crippen LogP contribution in [-0.2, 0) is 18.6 Å². The summed E-state index contributed by atoms with van der Waals surface area (Å²) in [5, 5.41) is -0.100. The standard InChI is InChI=1S/C31H36O6SSi/c1-31(2,3)39(4,5)37-26-25(21-34-28(32)22-15-9-6-10-16-22)35-30(38-24-19-13-8-14-20-24)27(26)36-29(33)23-17-11-7-12-18-23/h6-20,25-27,30H,21H2,1-5H3/t25-,26-,27+,30+/m0/s1. The Labute approximate surface area is 236 Å². The maximum atomic E-state index is 13.2. The van der Waals surface area contributed by atoms with Crippen LogP contribution in [0.15, 0.2) is 95.9 Å². The highest BCUT2D eigenvalue weighted by atomic mass is 32.2. The number of thioether (sulfide) groups is 1. The summed E-state index contributed by atoms with van der Waals surface area (Å²) in [5.74, 6) is -0.893. The summed E-state index contributed by atoms with van der Waals surface area (Å²) >= 11 is 1.46. The molecule has 1 saturated heterocycles. The first-order valence-corrected chi connectivity index (χ1v) is 16.9. The number of rotatable bonds is 9. The highest BCUT2D eigenvalue weighted by Crippen LogP contribution is 2.43. The predicted molar refractivity (Wildman–Crippen MR) is 155 cm³/mol. The molecule has 6 nitrogen and oxygen atoms in total. The number of carbonyl (C=O) groups excluding carboxylic acids is 2. The minimum atomic E-state index is -2.35. The first-order chi connectivity index (χ1) is 18.5. The van der Waals surface area contributed by atoms with Crippen LogP contribution in [0.2, 0.25) is 18.1 Å². The summed E-state index contributed by atoms with van der Waals surface area (Å²) in [6.07, 6.45) is -1.97. The molecule has 39 heavy (non-hydrogen) atoms. The predicted octanol–water partition coefficient (Wildman–Crippen LogP) is 6.98. The van der Waals surface area contributed by atoms with Crippen molar-refractivity contribution in [2.75, 3.05) is 6.61 Å². The maximum absolute atomic E-state index is 13.2. The number of ether oxygens (including phenoxy) is 3. The minimum absolute atomic E-state index is 0.0295. The van der Waals surface area contributed by atoms with Crippen LogP contribution in [-0.4, -0.2) is 50.6 Å². The zero-order valence-corrected chi connectivity index (χ0v) is 24.9. The number of carbonyl (C=O) groups is 2. The Morgan fingerprint density at radius 3 is 1.85 bits per heavy atom. The topological polar surface area (TPSA) is 71.1 Å². The van der Waals surface area contributed by atoms with Gasteiger partial charge in [0.1, 0.15) is 24.3 Å². The molecule has 0 unspecified atom stereocenters. The molecular formula is C31H36O6SSi. The Hall–Kier alpha value is -2.91. The van der Waals surface area contributed by atoms with Crippen molar-refractivity contribution in [3.05, 3.63) is 102 Å². The van der Waals surface area contributed by atoms with Crippen LogP contribution in [0.1, 0.15) is 41.5 Å². The molecule has 8 heteroatoms. The third kappa shape index (κ3) is 7.39. The van der Waals surface area contributed by atoms with Gasteiger partial charge in [0.05, 0.1) is 11.1 Å². The van der Waals surface area contributed by atoms with Crippen LogP contribution in [0.4, 0.5) is 0 Å². The lowest BCUT2D eigenvalue weighted by Crippen LogP contribution is -2.51. The third-order valence-corrected chi connectivity index (χ3v) is 12.8. The van der Waals surface area contributed by atoms with Gasteiger partial charge in [0.15, 0.2) is 14.4 Å². The van der Waals surface area contributed by atoms with E-state index in [-0.39, 0.29) is 11.6 Å². The quantitative estimate of drug-likeness (QED) is 0.205. The average Bonchev–Trinajstić information content (AvgIpc) is 3.22. The van der Waals surface area contributed by atoms with E-state index in [1.807, 2.05) is 42.5 Å². The Morgan fingerprint density at radius 1 is 0.795 bits per heavy atom. The van der Waals surface area contributed by atoms with E-state index in [4.69, 9.17) is 18.6 Å². The van der Waals surface area contributed by atoms with E-state index in [1.54, 1.807) is 48.5 Å². The second kappa shape index (κ2) is 12.5. The first kappa shape index (κ1) is 29.1. The Morgan fingerprint density at radius 2 is 1.31 bits per heavy atom. The van der Waals surface area contributed by atoms with E-state index in [0.29, 0.717) is 11.1 Å². The van der Waals surface area contributed by atoms with Gasteiger partial charge in [-0.05, 0) is 54.5 Å². The van der Waals surface area contributed by atoms with Gasteiger partial charge in [-0.25, -0.2) is 9.59 Å². The van der Waals surface area contributed by atoms with E-state index >= 15 is 0 Å². The molecule has 0 aromatic heterocycles. The van der Waals surface area contributed by atoms with Gasteiger partial charge >= 0.3 is 11.9 Å². The van der Waals surface area contributed by atoms with Crippen molar-refractivity contribution in [3.8, 4) is 0 Å². The van der Waals surface area contributed by atoms with Crippen LogP contribution < -0.4 is 0 Å². The summed E-state index contributed by atoms with van der Waals surface area (Å²) in [6.45, 7) is 10.7. The molecule has 0 bridgehead atoms. The molecule has 1 aliphatic heterocycles. The lowest BCUT2D eigenvalue weighted by Gasteiger charge is -2.40. The third-order valence-electron chi connectivity index (χ3n) is 7.14. The smallest absolute Gasteiger partial charge is 0.338 e. The molecule has 3 aromatic carbocycles. The van der Waals surface area contributed by atoms with E-state index in [0.717, 1.165) is 4.90 Å². The number of hydrogen-bond acceptors (Lipinski definition) is 7. The summed E-state index contributed by atoms with van der Waals surface area (Å²) in [6, 6.07) is 27.5. The van der Waals surface area contributed by atoms with Crippen LogP contribution >= 0.6 is 11.8 Å². The fourth-order valence-electron chi connectivity index (χ4n) is 3.92. The Kier molecular flexibility index (Phi) is 9.33. The number of esters is 2. The van der Waals surface area contributed by atoms with Gasteiger partial charge in [-0.2, -0.15) is 0 Å². The molecule has 1 fully saturated rings. The van der Waals surface area contributed by atoms with Gasteiger partial charge in [0.25, 0.3) is 0 Å². The SMILES string of the molecule is CC(C)(C)[Si](C)(C)O[C@@H]1[C@@H](OC(=O)c2ccccc2)[C@@H](Sc2ccccc2)O[C@H]1COC(=O)c1ccccc1. The second-order valence-electron chi connectivity index (χ2n) is 11.0. The van der Waals surface area contributed by atoms with E-state index in [9.17, 15) is 9.59 Å². The zero-order chi connectivity index (χ0) is 28.0. The van der Waals surface area contributed by atoms with Gasteiger partial charge < -0.3 is 18.6 Å². The molecule has 0 amide bonds. The van der Waals surface area contributed by atoms with Crippen molar-refractivity contribution in [1.29, 1.82) is 0 Å². The molecule has 0 saturated carbocycles. The van der Waals surface area contributed by atoms with Gasteiger partial charge in [-0.3, -0.25) is 0 Å². The largest absolute Gasteiger partial charge is 0.459 e. The van der Waals surface area contributed by atoms with Gasteiger partial charge in [0, 0.05) is 4.90 Å². The summed E-state index contributed by atoms with van der Waals surface area (Å²) < 4.78 is 25.2. The maximum Gasteiger partial charge on any atom is 0.338 e. The lowest BCUT2D eigenvalue weighted by molar-refractivity contribution is -0.0218. The minimum Gasteiger partial charge on any atom is -0.459 e. The van der Waals surface area contributed by atoms with E-state index in [2.05, 4.69) is 33.9 Å². The van der Waals surface area contributed by atoms with Crippen molar-refractivity contribution in [3.63, 3.8) is 0 Å². The number of hydrogen-bond donors (Lipinski definition) is 0. The molecule has 0 N–H and O–H groups in total. The van der Waals surface area contributed by atoms with Gasteiger partial charge in [-0.1, -0.05) is 87.1 Å². The molecule has 0 aliphatic carbocycles. The summed E-state index contributed by atoms with van der Waals surface area (Å²) in [7, 11) is -2.35. The molecule has 206 valence electrons. The van der Waals surface area contributed by atoms with Crippen molar-refractivity contribution < 1.29 is 28.2 Å². The van der Waals surface area contributed by atoms with Crippen LogP contribution in [0.3, 0.4) is 0 Å². The first-order valence-electron chi connectivity index (χ1n) is 13.1. The summed E-state index contributed by atoms with van der Waals surface area (Å²) in [5.41, 5.74) is 0.348. The monoisotopic (exact) mass is 564 g/mol.